The molecule has 2 rings (SSSR count). The summed E-state index contributed by atoms with van der Waals surface area (Å²) in [5.41, 5.74) is 0. The number of carbonyl (C=O) groups excluding carboxylic acids is 1. The molecule has 2 unspecified atom stereocenters. The molecule has 1 saturated heterocycles. The van der Waals surface area contributed by atoms with Crippen molar-refractivity contribution < 1.29 is 24.1 Å². The van der Waals surface area contributed by atoms with Crippen molar-refractivity contribution >= 4 is 18.6 Å². The van der Waals surface area contributed by atoms with E-state index in [9.17, 15) is 9.90 Å². The molecule has 1 aliphatic carbocycles. The van der Waals surface area contributed by atoms with E-state index in [0.717, 1.165) is 51.4 Å². The second kappa shape index (κ2) is 13.0. The molecule has 1 saturated carbocycles. The minimum Gasteiger partial charge on any atom is -0.469 e. The Hall–Kier alpha value is -0.560. The van der Waals surface area contributed by atoms with Gasteiger partial charge in [0.2, 0.25) is 0 Å². The Balaban J connectivity index is 1.82. The number of ether oxygens (including phenoxy) is 3. The zero-order valence-electron chi connectivity index (χ0n) is 18.2. The van der Waals surface area contributed by atoms with Crippen LogP contribution in [0, 0.1) is 11.8 Å². The Morgan fingerprint density at radius 3 is 2.62 bits per heavy atom. The Kier molecular flexibility index (Phi) is 11.1. The number of allylic oxidation sites excluding steroid dienone is 2. The molecule has 0 amide bonds. The van der Waals surface area contributed by atoms with Crippen molar-refractivity contribution in [2.24, 2.45) is 11.8 Å². The molecule has 6 heteroatoms. The molecule has 4 atom stereocenters. The standard InChI is InChI=1S/C23H40O5S/c1-3-4-9-13-23(27-15-16-28-23)14-12-19-18(20(24)17-21(19)29)10-7-5-6-8-11-22(25)26-2/h5,7,18-21,24,29H,3-4,6,8-17H2,1-2H3/b7-5-/t18-,19-,20?,21?/m1/s1. The van der Waals surface area contributed by atoms with Gasteiger partial charge in [0.1, 0.15) is 0 Å². The lowest BCUT2D eigenvalue weighted by Gasteiger charge is -2.31. The first-order valence-corrected chi connectivity index (χ1v) is 11.9. The third kappa shape index (κ3) is 7.89. The number of aliphatic hydroxyl groups is 1. The summed E-state index contributed by atoms with van der Waals surface area (Å²) in [6, 6.07) is 0. The maximum absolute atomic E-state index is 11.2. The highest BCUT2D eigenvalue weighted by Crippen LogP contribution is 2.43. The van der Waals surface area contributed by atoms with Crippen molar-refractivity contribution in [3.05, 3.63) is 12.2 Å². The molecule has 2 aliphatic rings. The molecule has 168 valence electrons. The molecule has 5 nitrogen and oxygen atoms in total. The first-order valence-electron chi connectivity index (χ1n) is 11.4. The topological polar surface area (TPSA) is 65.0 Å². The van der Waals surface area contributed by atoms with Crippen LogP contribution in [0.15, 0.2) is 12.2 Å². The van der Waals surface area contributed by atoms with Crippen LogP contribution in [-0.2, 0) is 19.0 Å². The number of aliphatic hydroxyl groups excluding tert-OH is 1. The van der Waals surface area contributed by atoms with E-state index in [1.807, 2.05) is 0 Å². The average Bonchev–Trinajstić information content (AvgIpc) is 3.27. The van der Waals surface area contributed by atoms with Gasteiger partial charge < -0.3 is 19.3 Å². The van der Waals surface area contributed by atoms with Gasteiger partial charge in [-0.1, -0.05) is 31.9 Å². The molecule has 1 heterocycles. The summed E-state index contributed by atoms with van der Waals surface area (Å²) >= 11 is 4.79. The van der Waals surface area contributed by atoms with E-state index in [1.54, 1.807) is 0 Å². The van der Waals surface area contributed by atoms with Crippen LogP contribution in [-0.4, -0.2) is 48.5 Å². The van der Waals surface area contributed by atoms with Gasteiger partial charge in [0.15, 0.2) is 5.79 Å². The average molecular weight is 429 g/mol. The lowest BCUT2D eigenvalue weighted by molar-refractivity contribution is -0.170. The minimum absolute atomic E-state index is 0.160. The quantitative estimate of drug-likeness (QED) is 0.193. The molecule has 0 spiro atoms. The zero-order chi connectivity index (χ0) is 21.1. The summed E-state index contributed by atoms with van der Waals surface area (Å²) in [6.45, 7) is 3.57. The number of thiol groups is 1. The zero-order valence-corrected chi connectivity index (χ0v) is 19.1. The summed E-state index contributed by atoms with van der Waals surface area (Å²) in [4.78, 5) is 11.2. The van der Waals surface area contributed by atoms with Gasteiger partial charge in [-0.2, -0.15) is 12.6 Å². The van der Waals surface area contributed by atoms with Crippen LogP contribution in [0.5, 0.6) is 0 Å². The Morgan fingerprint density at radius 1 is 1.17 bits per heavy atom. The van der Waals surface area contributed by atoms with E-state index >= 15 is 0 Å². The molecular weight excluding hydrogens is 388 g/mol. The summed E-state index contributed by atoms with van der Waals surface area (Å²) in [5, 5.41) is 10.8. The largest absolute Gasteiger partial charge is 0.469 e. The lowest BCUT2D eigenvalue weighted by atomic mass is 9.85. The lowest BCUT2D eigenvalue weighted by Crippen LogP contribution is -2.32. The van der Waals surface area contributed by atoms with Crippen LogP contribution in [0.4, 0.5) is 0 Å². The number of hydrogen-bond donors (Lipinski definition) is 2. The fraction of sp³-hybridized carbons (Fsp3) is 0.870. The molecule has 0 bridgehead atoms. The monoisotopic (exact) mass is 428 g/mol. The fourth-order valence-corrected chi connectivity index (χ4v) is 5.27. The van der Waals surface area contributed by atoms with E-state index in [4.69, 9.17) is 22.1 Å². The van der Waals surface area contributed by atoms with Crippen LogP contribution < -0.4 is 0 Å². The van der Waals surface area contributed by atoms with Crippen molar-refractivity contribution in [2.45, 2.75) is 94.7 Å². The van der Waals surface area contributed by atoms with Crippen LogP contribution >= 0.6 is 12.6 Å². The van der Waals surface area contributed by atoms with Gasteiger partial charge >= 0.3 is 5.97 Å². The molecule has 0 radical (unpaired) electrons. The van der Waals surface area contributed by atoms with Gasteiger partial charge in [0.25, 0.3) is 0 Å². The van der Waals surface area contributed by atoms with Gasteiger partial charge in [-0.05, 0) is 50.4 Å². The summed E-state index contributed by atoms with van der Waals surface area (Å²) in [7, 11) is 1.42. The van der Waals surface area contributed by atoms with Crippen molar-refractivity contribution in [2.75, 3.05) is 20.3 Å². The predicted octanol–water partition coefficient (Wildman–Crippen LogP) is 4.68. The van der Waals surface area contributed by atoms with Crippen molar-refractivity contribution in [3.8, 4) is 0 Å². The van der Waals surface area contributed by atoms with E-state index in [-0.39, 0.29) is 23.2 Å². The smallest absolute Gasteiger partial charge is 0.305 e. The predicted molar refractivity (Wildman–Crippen MR) is 118 cm³/mol. The molecule has 1 N–H and O–H groups in total. The van der Waals surface area contributed by atoms with E-state index in [2.05, 4.69) is 23.8 Å². The Labute approximate surface area is 182 Å². The first kappa shape index (κ1) is 24.7. The molecule has 1 aliphatic heterocycles. The third-order valence-corrected chi connectivity index (χ3v) is 7.00. The van der Waals surface area contributed by atoms with E-state index in [1.165, 1.54) is 20.0 Å². The van der Waals surface area contributed by atoms with E-state index < -0.39 is 5.79 Å². The number of methoxy groups -OCH3 is 1. The number of carbonyl (C=O) groups is 1. The Morgan fingerprint density at radius 2 is 1.93 bits per heavy atom. The van der Waals surface area contributed by atoms with Gasteiger partial charge in [-0.15, -0.1) is 0 Å². The van der Waals surface area contributed by atoms with Crippen LogP contribution in [0.1, 0.15) is 77.6 Å². The van der Waals surface area contributed by atoms with Gasteiger partial charge in [0, 0.05) is 24.5 Å². The molecule has 0 aromatic carbocycles. The van der Waals surface area contributed by atoms with Crippen LogP contribution in [0.2, 0.25) is 0 Å². The summed E-state index contributed by atoms with van der Waals surface area (Å²) < 4.78 is 16.7. The maximum Gasteiger partial charge on any atom is 0.305 e. The minimum atomic E-state index is -0.426. The highest BCUT2D eigenvalue weighted by Gasteiger charge is 2.43. The number of unbranched alkanes of at least 4 members (excludes halogenated alkanes) is 3. The van der Waals surface area contributed by atoms with E-state index in [0.29, 0.717) is 25.6 Å². The third-order valence-electron chi connectivity index (χ3n) is 6.41. The SMILES string of the molecule is CCCCCC1(CC[C@H]2C(S)CC(O)[C@@H]2C/C=C\CCCC(=O)OC)OCCO1. The van der Waals surface area contributed by atoms with Crippen molar-refractivity contribution in [1.82, 2.24) is 0 Å². The number of hydrogen-bond acceptors (Lipinski definition) is 6. The van der Waals surface area contributed by atoms with Crippen molar-refractivity contribution in [3.63, 3.8) is 0 Å². The second-order valence-electron chi connectivity index (χ2n) is 8.48. The summed E-state index contributed by atoms with van der Waals surface area (Å²) in [6.07, 6.45) is 14.0. The molecule has 29 heavy (non-hydrogen) atoms. The normalized spacial score (nSPS) is 29.0. The number of rotatable bonds is 13. The molecule has 2 fully saturated rings. The van der Waals surface area contributed by atoms with Crippen LogP contribution in [0.25, 0.3) is 0 Å². The highest BCUT2D eigenvalue weighted by molar-refractivity contribution is 7.81. The highest BCUT2D eigenvalue weighted by atomic mass is 32.1. The number of esters is 1. The maximum atomic E-state index is 11.2. The molecule has 0 aromatic rings. The summed E-state index contributed by atoms with van der Waals surface area (Å²) in [5.74, 6) is 0.00368. The fourth-order valence-electron chi connectivity index (χ4n) is 4.69. The van der Waals surface area contributed by atoms with Crippen LogP contribution in [0.3, 0.4) is 0 Å². The van der Waals surface area contributed by atoms with Gasteiger partial charge in [0.05, 0.1) is 26.4 Å². The van der Waals surface area contributed by atoms with Crippen molar-refractivity contribution in [1.29, 1.82) is 0 Å². The Bertz CT molecular complexity index is 503. The molecular formula is C23H40O5S. The first-order chi connectivity index (χ1) is 14.0. The van der Waals surface area contributed by atoms with Gasteiger partial charge in [-0.3, -0.25) is 4.79 Å². The molecule has 0 aromatic heterocycles. The second-order valence-corrected chi connectivity index (χ2v) is 9.14. The van der Waals surface area contributed by atoms with Gasteiger partial charge in [-0.25, -0.2) is 0 Å².